The molecule has 1 saturated carbocycles. The molecule has 0 unspecified atom stereocenters. The lowest BCUT2D eigenvalue weighted by Crippen LogP contribution is -2.41. The maximum atomic E-state index is 5.60. The fourth-order valence-electron chi connectivity index (χ4n) is 3.58. The number of nitrogens with zero attached hydrogens (tertiary/aromatic N) is 5. The van der Waals surface area contributed by atoms with Crippen LogP contribution in [0, 0.1) is 0 Å². The fourth-order valence-corrected chi connectivity index (χ4v) is 3.58. The summed E-state index contributed by atoms with van der Waals surface area (Å²) in [5.41, 5.74) is 4.88. The molecule has 3 heterocycles. The number of ether oxygens (including phenoxy) is 1. The predicted molar refractivity (Wildman–Crippen MR) is 104 cm³/mol. The van der Waals surface area contributed by atoms with Crippen LogP contribution in [0.25, 0.3) is 27.7 Å². The monoisotopic (exact) mass is 360 g/mol. The summed E-state index contributed by atoms with van der Waals surface area (Å²) in [6.45, 7) is 2.80. The van der Waals surface area contributed by atoms with Crippen molar-refractivity contribution in [2.24, 2.45) is 0 Å². The maximum absolute atomic E-state index is 5.60. The second kappa shape index (κ2) is 6.59. The van der Waals surface area contributed by atoms with Crippen molar-refractivity contribution in [2.75, 3.05) is 11.9 Å². The van der Waals surface area contributed by atoms with Gasteiger partial charge >= 0.3 is 0 Å². The van der Waals surface area contributed by atoms with Crippen molar-refractivity contribution in [3.05, 3.63) is 49.1 Å². The number of fused-ring (bicyclic) bond motifs is 2. The molecule has 1 N–H and O–H groups in total. The summed E-state index contributed by atoms with van der Waals surface area (Å²) < 4.78 is 7.47. The number of rotatable bonds is 5. The second-order valence-corrected chi connectivity index (χ2v) is 6.79. The lowest BCUT2D eigenvalue weighted by Gasteiger charge is -2.35. The van der Waals surface area contributed by atoms with Gasteiger partial charge in [-0.15, -0.1) is 5.10 Å². The molecule has 0 radical (unpaired) electrons. The molecule has 0 bridgehead atoms. The average molecular weight is 360 g/mol. The van der Waals surface area contributed by atoms with E-state index in [2.05, 4.69) is 37.5 Å². The molecule has 1 fully saturated rings. The highest BCUT2D eigenvalue weighted by atomic mass is 16.5. The first-order chi connectivity index (χ1) is 13.3. The zero-order chi connectivity index (χ0) is 18.2. The molecule has 1 aromatic carbocycles. The number of nitrogens with one attached hydrogen (secondary N) is 1. The minimum absolute atomic E-state index is 0.366. The first-order valence-corrected chi connectivity index (χ1v) is 9.24. The lowest BCUT2D eigenvalue weighted by molar-refractivity contribution is 0.00283. The summed E-state index contributed by atoms with van der Waals surface area (Å²) in [4.78, 5) is 13.2. The Morgan fingerprint density at radius 2 is 1.96 bits per heavy atom. The van der Waals surface area contributed by atoms with Gasteiger partial charge in [-0.2, -0.15) is 0 Å². The largest absolute Gasteiger partial charge is 0.378 e. The van der Waals surface area contributed by atoms with E-state index in [1.807, 2.05) is 36.0 Å². The van der Waals surface area contributed by atoms with Crippen LogP contribution >= 0.6 is 0 Å². The van der Waals surface area contributed by atoms with Gasteiger partial charge in [0.05, 0.1) is 28.9 Å². The summed E-state index contributed by atoms with van der Waals surface area (Å²) >= 11 is 0. The van der Waals surface area contributed by atoms with Crippen molar-refractivity contribution in [2.45, 2.75) is 31.9 Å². The number of hydrogen-bond acceptors (Lipinski definition) is 6. The third-order valence-electron chi connectivity index (χ3n) is 5.03. The maximum Gasteiger partial charge on any atom is 0.241 e. The van der Waals surface area contributed by atoms with Gasteiger partial charge in [0, 0.05) is 36.8 Å². The molecule has 4 aromatic rings. The van der Waals surface area contributed by atoms with Crippen molar-refractivity contribution >= 4 is 22.5 Å². The van der Waals surface area contributed by atoms with Crippen LogP contribution in [0.1, 0.15) is 19.8 Å². The van der Waals surface area contributed by atoms with E-state index in [-0.39, 0.29) is 0 Å². The Hall–Kier alpha value is -3.06. The van der Waals surface area contributed by atoms with Crippen LogP contribution in [-0.2, 0) is 4.74 Å². The highest BCUT2D eigenvalue weighted by Gasteiger charge is 2.30. The standard InChI is InChI=1S/C20H20N6O/c1-2-27-15-10-14(11-15)24-20-23-12-19-16(5-8-26(19)25-20)13-3-4-17-18(9-13)22-7-6-21-17/h3-9,12,14-15H,2,10-11H2,1H3,(H,24,25)/t14-,15-. The molecule has 136 valence electrons. The van der Waals surface area contributed by atoms with Crippen LogP contribution in [0.3, 0.4) is 0 Å². The van der Waals surface area contributed by atoms with Crippen molar-refractivity contribution in [1.82, 2.24) is 24.6 Å². The van der Waals surface area contributed by atoms with Crippen molar-refractivity contribution < 1.29 is 4.74 Å². The Morgan fingerprint density at radius 3 is 2.81 bits per heavy atom. The molecule has 0 amide bonds. The summed E-state index contributed by atoms with van der Waals surface area (Å²) in [6.07, 6.45) is 9.62. The van der Waals surface area contributed by atoms with E-state index in [9.17, 15) is 0 Å². The minimum Gasteiger partial charge on any atom is -0.378 e. The van der Waals surface area contributed by atoms with Gasteiger partial charge in [0.2, 0.25) is 5.95 Å². The third-order valence-corrected chi connectivity index (χ3v) is 5.03. The van der Waals surface area contributed by atoms with E-state index >= 15 is 0 Å². The summed E-state index contributed by atoms with van der Waals surface area (Å²) in [6, 6.07) is 8.53. The Labute approximate surface area is 156 Å². The molecule has 0 spiro atoms. The van der Waals surface area contributed by atoms with Gasteiger partial charge in [0.15, 0.2) is 0 Å². The molecule has 7 nitrogen and oxygen atoms in total. The molecular formula is C20H20N6O. The number of hydrogen-bond donors (Lipinski definition) is 1. The minimum atomic E-state index is 0.366. The SMILES string of the molecule is CCO[C@H]1C[C@H](Nc2ncc3c(-c4ccc5nccnc5c4)ccn3n2)C1. The lowest BCUT2D eigenvalue weighted by atomic mass is 9.89. The molecule has 5 rings (SSSR count). The van der Waals surface area contributed by atoms with Crippen LogP contribution < -0.4 is 5.32 Å². The van der Waals surface area contributed by atoms with Gasteiger partial charge in [0.1, 0.15) is 0 Å². The molecule has 0 aliphatic heterocycles. The Balaban J connectivity index is 1.40. The van der Waals surface area contributed by atoms with Crippen molar-refractivity contribution in [3.63, 3.8) is 0 Å². The fraction of sp³-hybridized carbons (Fsp3) is 0.300. The zero-order valence-electron chi connectivity index (χ0n) is 15.0. The van der Waals surface area contributed by atoms with Gasteiger partial charge in [-0.3, -0.25) is 9.97 Å². The molecule has 1 aliphatic rings. The highest BCUT2D eigenvalue weighted by Crippen LogP contribution is 2.28. The molecule has 1 aliphatic carbocycles. The van der Waals surface area contributed by atoms with E-state index in [0.717, 1.165) is 47.1 Å². The van der Waals surface area contributed by atoms with Crippen LogP contribution in [0.15, 0.2) is 49.1 Å². The highest BCUT2D eigenvalue weighted by molar-refractivity contribution is 5.86. The van der Waals surface area contributed by atoms with Gasteiger partial charge in [-0.25, -0.2) is 9.50 Å². The first kappa shape index (κ1) is 16.1. The van der Waals surface area contributed by atoms with Crippen LogP contribution in [0.4, 0.5) is 5.95 Å². The van der Waals surface area contributed by atoms with E-state index in [1.165, 1.54) is 0 Å². The van der Waals surface area contributed by atoms with E-state index in [4.69, 9.17) is 4.74 Å². The molecule has 3 aromatic heterocycles. The predicted octanol–water partition coefficient (Wildman–Crippen LogP) is 3.32. The summed E-state index contributed by atoms with van der Waals surface area (Å²) in [5, 5.41) is 7.99. The molecular weight excluding hydrogens is 340 g/mol. The second-order valence-electron chi connectivity index (χ2n) is 6.79. The zero-order valence-corrected chi connectivity index (χ0v) is 15.0. The Kier molecular flexibility index (Phi) is 3.94. The molecule has 0 saturated heterocycles. The third kappa shape index (κ3) is 3.00. The first-order valence-electron chi connectivity index (χ1n) is 9.24. The summed E-state index contributed by atoms with van der Waals surface area (Å²) in [7, 11) is 0. The number of anilines is 1. The smallest absolute Gasteiger partial charge is 0.241 e. The Bertz CT molecular complexity index is 1100. The number of benzene rings is 1. The topological polar surface area (TPSA) is 77.2 Å². The summed E-state index contributed by atoms with van der Waals surface area (Å²) in [5.74, 6) is 0.647. The number of aromatic nitrogens is 5. The van der Waals surface area contributed by atoms with E-state index < -0.39 is 0 Å². The molecule has 0 atom stereocenters. The van der Waals surface area contributed by atoms with Crippen LogP contribution in [0.2, 0.25) is 0 Å². The quantitative estimate of drug-likeness (QED) is 0.588. The Morgan fingerprint density at radius 1 is 1.11 bits per heavy atom. The van der Waals surface area contributed by atoms with Crippen LogP contribution in [0.5, 0.6) is 0 Å². The van der Waals surface area contributed by atoms with Gasteiger partial charge in [-0.1, -0.05) is 6.07 Å². The van der Waals surface area contributed by atoms with Crippen LogP contribution in [-0.4, -0.2) is 43.3 Å². The normalized spacial score (nSPS) is 19.3. The van der Waals surface area contributed by atoms with Gasteiger partial charge in [0.25, 0.3) is 0 Å². The van der Waals surface area contributed by atoms with Gasteiger partial charge < -0.3 is 10.1 Å². The van der Waals surface area contributed by atoms with Crippen molar-refractivity contribution in [3.8, 4) is 11.1 Å². The average Bonchev–Trinajstić information content (AvgIpc) is 3.09. The molecule has 7 heteroatoms. The van der Waals surface area contributed by atoms with E-state index in [1.54, 1.807) is 12.4 Å². The van der Waals surface area contributed by atoms with E-state index in [0.29, 0.717) is 18.1 Å². The van der Waals surface area contributed by atoms with Crippen molar-refractivity contribution in [1.29, 1.82) is 0 Å². The molecule has 27 heavy (non-hydrogen) atoms. The van der Waals surface area contributed by atoms with Gasteiger partial charge in [-0.05, 0) is 43.5 Å².